The van der Waals surface area contributed by atoms with E-state index in [4.69, 9.17) is 17.3 Å². The van der Waals surface area contributed by atoms with Crippen molar-refractivity contribution in [3.63, 3.8) is 0 Å². The van der Waals surface area contributed by atoms with Crippen molar-refractivity contribution in [1.29, 1.82) is 0 Å². The molecule has 1 amide bonds. The zero-order valence-electron chi connectivity index (χ0n) is 16.7. The second-order valence-electron chi connectivity index (χ2n) is 6.70. The van der Waals surface area contributed by atoms with Gasteiger partial charge in [0.1, 0.15) is 0 Å². The smallest absolute Gasteiger partial charge is 0.335 e. The van der Waals surface area contributed by atoms with E-state index in [1.807, 2.05) is 55.5 Å². The molecule has 0 bridgehead atoms. The Bertz CT molecular complexity index is 1100. The van der Waals surface area contributed by atoms with Crippen molar-refractivity contribution in [1.82, 2.24) is 0 Å². The molecule has 0 saturated carbocycles. The molecule has 0 heterocycles. The number of thioether (sulfide) groups is 1. The van der Waals surface area contributed by atoms with Crippen molar-refractivity contribution < 1.29 is 14.7 Å². The first-order chi connectivity index (χ1) is 14.9. The summed E-state index contributed by atoms with van der Waals surface area (Å²) in [5.74, 6) is -1.07. The maximum Gasteiger partial charge on any atom is 0.335 e. The fourth-order valence-electron chi connectivity index (χ4n) is 2.67. The molecule has 0 spiro atoms. The molecule has 3 rings (SSSR count). The van der Waals surface area contributed by atoms with Gasteiger partial charge in [0.25, 0.3) is 0 Å². The van der Waals surface area contributed by atoms with Crippen LogP contribution in [0.4, 0.5) is 17.1 Å². The van der Waals surface area contributed by atoms with Crippen LogP contribution in [0.3, 0.4) is 0 Å². The number of aryl methyl sites for hydroxylation is 1. The molecule has 0 fully saturated rings. The molecule has 0 atom stereocenters. The van der Waals surface area contributed by atoms with Crippen LogP contribution in [0.1, 0.15) is 15.9 Å². The first-order valence-corrected chi connectivity index (χ1v) is 10.8. The molecule has 8 heteroatoms. The highest BCUT2D eigenvalue weighted by Crippen LogP contribution is 2.22. The summed E-state index contributed by atoms with van der Waals surface area (Å²) in [6, 6.07) is 21.7. The number of hydrogen-bond donors (Lipinski definition) is 4. The minimum Gasteiger partial charge on any atom is -0.478 e. The van der Waals surface area contributed by atoms with Gasteiger partial charge in [0.15, 0.2) is 5.11 Å². The fraction of sp³-hybridized carbons (Fsp3) is 0.0870. The van der Waals surface area contributed by atoms with E-state index in [0.29, 0.717) is 10.8 Å². The summed E-state index contributed by atoms with van der Waals surface area (Å²) in [4.78, 5) is 24.2. The van der Waals surface area contributed by atoms with Crippen LogP contribution in [0.5, 0.6) is 0 Å². The number of aromatic carboxylic acids is 1. The van der Waals surface area contributed by atoms with E-state index in [0.717, 1.165) is 16.3 Å². The Morgan fingerprint density at radius 3 is 2.23 bits per heavy atom. The monoisotopic (exact) mass is 451 g/mol. The van der Waals surface area contributed by atoms with Crippen molar-refractivity contribution in [3.8, 4) is 0 Å². The lowest BCUT2D eigenvalue weighted by molar-refractivity contribution is -0.113. The Balaban J connectivity index is 1.52. The van der Waals surface area contributed by atoms with Gasteiger partial charge < -0.3 is 21.1 Å². The number of thiocarbonyl (C=S) groups is 1. The van der Waals surface area contributed by atoms with Gasteiger partial charge in [-0.3, -0.25) is 4.79 Å². The molecule has 6 nitrogen and oxygen atoms in total. The van der Waals surface area contributed by atoms with Crippen LogP contribution in [0, 0.1) is 6.92 Å². The zero-order valence-corrected chi connectivity index (χ0v) is 18.3. The number of benzene rings is 3. The Kier molecular flexibility index (Phi) is 7.64. The Hall–Kier alpha value is -3.36. The molecular formula is C23H21N3O3S2. The Labute approximate surface area is 190 Å². The van der Waals surface area contributed by atoms with Gasteiger partial charge in [-0.05, 0) is 67.7 Å². The minimum atomic E-state index is -1.04. The number of amides is 1. The maximum atomic E-state index is 12.2. The number of carbonyl (C=O) groups is 2. The van der Waals surface area contributed by atoms with E-state index < -0.39 is 5.97 Å². The molecule has 0 aliphatic heterocycles. The largest absolute Gasteiger partial charge is 0.478 e. The molecular weight excluding hydrogens is 430 g/mol. The van der Waals surface area contributed by atoms with Gasteiger partial charge in [-0.2, -0.15) is 0 Å². The molecule has 158 valence electrons. The lowest BCUT2D eigenvalue weighted by atomic mass is 10.2. The molecule has 0 aromatic heterocycles. The van der Waals surface area contributed by atoms with E-state index in [-0.39, 0.29) is 17.2 Å². The third-order valence-electron chi connectivity index (χ3n) is 4.16. The highest BCUT2D eigenvalue weighted by Gasteiger charge is 2.08. The molecule has 0 radical (unpaired) electrons. The lowest BCUT2D eigenvalue weighted by Gasteiger charge is -2.12. The summed E-state index contributed by atoms with van der Waals surface area (Å²) in [7, 11) is 0. The minimum absolute atomic E-state index is 0.124. The summed E-state index contributed by atoms with van der Waals surface area (Å²) in [6.45, 7) is 2.02. The number of nitrogens with one attached hydrogen (secondary N) is 3. The van der Waals surface area contributed by atoms with Gasteiger partial charge in [-0.15, -0.1) is 11.8 Å². The van der Waals surface area contributed by atoms with Crippen LogP contribution >= 0.6 is 24.0 Å². The van der Waals surface area contributed by atoms with E-state index in [1.165, 1.54) is 29.5 Å². The molecule has 0 aliphatic carbocycles. The summed E-state index contributed by atoms with van der Waals surface area (Å²) in [5, 5.41) is 18.5. The number of hydrogen-bond acceptors (Lipinski definition) is 4. The predicted molar refractivity (Wildman–Crippen MR) is 130 cm³/mol. The van der Waals surface area contributed by atoms with Crippen molar-refractivity contribution in [2.45, 2.75) is 11.8 Å². The van der Waals surface area contributed by atoms with Gasteiger partial charge in [-0.25, -0.2) is 4.79 Å². The average molecular weight is 452 g/mol. The van der Waals surface area contributed by atoms with Crippen LogP contribution in [-0.4, -0.2) is 27.8 Å². The van der Waals surface area contributed by atoms with Crippen LogP contribution < -0.4 is 16.0 Å². The summed E-state index contributed by atoms with van der Waals surface area (Å²) >= 11 is 6.74. The third-order valence-corrected chi connectivity index (χ3v) is 5.36. The van der Waals surface area contributed by atoms with Crippen LogP contribution in [0.25, 0.3) is 0 Å². The van der Waals surface area contributed by atoms with Crippen molar-refractivity contribution >= 4 is 58.0 Å². The molecule has 0 unspecified atom stereocenters. The number of carboxylic acids is 1. The van der Waals surface area contributed by atoms with E-state index in [1.54, 1.807) is 12.1 Å². The summed E-state index contributed by atoms with van der Waals surface area (Å²) < 4.78 is 0. The van der Waals surface area contributed by atoms with Gasteiger partial charge >= 0.3 is 5.97 Å². The standard InChI is InChI=1S/C23H21N3O3S2/c1-15-8-10-17(11-9-15)25-23(30)26-19-6-3-7-20(13-19)31-14-21(27)24-18-5-2-4-16(12-18)22(28)29/h2-13H,14H2,1H3,(H,24,27)(H,28,29)(H2,25,26,30). The topological polar surface area (TPSA) is 90.5 Å². The maximum absolute atomic E-state index is 12.2. The van der Waals surface area contributed by atoms with Crippen molar-refractivity contribution in [3.05, 3.63) is 83.9 Å². The quantitative estimate of drug-likeness (QED) is 0.289. The highest BCUT2D eigenvalue weighted by atomic mass is 32.2. The van der Waals surface area contributed by atoms with Crippen LogP contribution in [-0.2, 0) is 4.79 Å². The highest BCUT2D eigenvalue weighted by molar-refractivity contribution is 8.00. The van der Waals surface area contributed by atoms with Gasteiger partial charge in [0.2, 0.25) is 5.91 Å². The Morgan fingerprint density at radius 2 is 1.52 bits per heavy atom. The zero-order chi connectivity index (χ0) is 22.2. The number of carbonyl (C=O) groups excluding carboxylic acids is 1. The molecule has 31 heavy (non-hydrogen) atoms. The van der Waals surface area contributed by atoms with E-state index in [9.17, 15) is 9.59 Å². The number of carboxylic acid groups (broad SMARTS) is 1. The Morgan fingerprint density at radius 1 is 0.871 bits per heavy atom. The lowest BCUT2D eigenvalue weighted by Crippen LogP contribution is -2.19. The SMILES string of the molecule is Cc1ccc(NC(=S)Nc2cccc(SCC(=O)Nc3cccc(C(=O)O)c3)c2)cc1. The average Bonchev–Trinajstić information content (AvgIpc) is 2.74. The third kappa shape index (κ3) is 7.13. The van der Waals surface area contributed by atoms with Gasteiger partial charge in [0, 0.05) is 22.0 Å². The van der Waals surface area contributed by atoms with E-state index >= 15 is 0 Å². The second-order valence-corrected chi connectivity index (χ2v) is 8.15. The first kappa shape index (κ1) is 22.3. The fourth-order valence-corrected chi connectivity index (χ4v) is 3.66. The normalized spacial score (nSPS) is 10.2. The van der Waals surface area contributed by atoms with Crippen molar-refractivity contribution in [2.75, 3.05) is 21.7 Å². The predicted octanol–water partition coefficient (Wildman–Crippen LogP) is 5.23. The molecule has 3 aromatic carbocycles. The van der Waals surface area contributed by atoms with Gasteiger partial charge in [0.05, 0.1) is 11.3 Å². The van der Waals surface area contributed by atoms with Gasteiger partial charge in [-0.1, -0.05) is 29.8 Å². The molecule has 0 aliphatic rings. The van der Waals surface area contributed by atoms with Crippen molar-refractivity contribution in [2.24, 2.45) is 0 Å². The second kappa shape index (κ2) is 10.6. The van der Waals surface area contributed by atoms with E-state index in [2.05, 4.69) is 16.0 Å². The summed E-state index contributed by atoms with van der Waals surface area (Å²) in [5.41, 5.74) is 3.46. The number of rotatable bonds is 7. The molecule has 4 N–H and O–H groups in total. The molecule has 0 saturated heterocycles. The first-order valence-electron chi connectivity index (χ1n) is 9.40. The molecule has 3 aromatic rings. The van der Waals surface area contributed by atoms with Crippen LogP contribution in [0.15, 0.2) is 77.7 Å². The number of anilines is 3. The summed E-state index contributed by atoms with van der Waals surface area (Å²) in [6.07, 6.45) is 0. The van der Waals surface area contributed by atoms with Crippen LogP contribution in [0.2, 0.25) is 0 Å².